The predicted octanol–water partition coefficient (Wildman–Crippen LogP) is 2.67. The van der Waals surface area contributed by atoms with Crippen molar-refractivity contribution in [3.8, 4) is 5.75 Å². The van der Waals surface area contributed by atoms with E-state index in [4.69, 9.17) is 4.74 Å². The van der Waals surface area contributed by atoms with Crippen LogP contribution in [0.4, 0.5) is 0 Å². The van der Waals surface area contributed by atoms with Gasteiger partial charge in [-0.15, -0.1) is 11.3 Å². The minimum atomic E-state index is -0.395. The second-order valence-corrected chi connectivity index (χ2v) is 7.53. The number of fused-ring (bicyclic) bond motifs is 1. The maximum absolute atomic E-state index is 12.8. The zero-order valence-corrected chi connectivity index (χ0v) is 17.4. The molecule has 0 bridgehead atoms. The van der Waals surface area contributed by atoms with Crippen LogP contribution in [0.15, 0.2) is 52.1 Å². The second-order valence-electron chi connectivity index (χ2n) is 6.50. The fourth-order valence-electron chi connectivity index (χ4n) is 2.96. The van der Waals surface area contributed by atoms with E-state index >= 15 is 0 Å². The molecule has 1 N–H and O–H groups in total. The number of ether oxygens (including phenoxy) is 1. The standard InChI is InChI=1S/C21H23N3O4S/c1-4-5-6-10-24-19(26)16-12-17(29-20(16)23(2)21(24)27)18(25)22-13-14-8-7-9-15(11-14)28-3/h5-9,11-12H,4,10,13H2,1-3H3,(H,22,25)/b6-5+. The van der Waals surface area contributed by atoms with Gasteiger partial charge in [0.2, 0.25) is 0 Å². The van der Waals surface area contributed by atoms with Crippen LogP contribution in [0.3, 0.4) is 0 Å². The fourth-order valence-corrected chi connectivity index (χ4v) is 3.98. The lowest BCUT2D eigenvalue weighted by atomic mass is 10.2. The predicted molar refractivity (Wildman–Crippen MR) is 115 cm³/mol. The van der Waals surface area contributed by atoms with Gasteiger partial charge in [0.25, 0.3) is 11.5 Å². The van der Waals surface area contributed by atoms with Crippen LogP contribution in [0.2, 0.25) is 0 Å². The van der Waals surface area contributed by atoms with Gasteiger partial charge in [0.05, 0.1) is 17.4 Å². The summed E-state index contributed by atoms with van der Waals surface area (Å²) in [6.07, 6.45) is 4.53. The molecule has 0 fully saturated rings. The normalized spacial score (nSPS) is 11.3. The third-order valence-electron chi connectivity index (χ3n) is 4.51. The number of aryl methyl sites for hydroxylation is 1. The lowest BCUT2D eigenvalue weighted by Gasteiger charge is -2.06. The first-order chi connectivity index (χ1) is 14.0. The molecule has 0 saturated carbocycles. The highest BCUT2D eigenvalue weighted by Crippen LogP contribution is 2.22. The van der Waals surface area contributed by atoms with Crippen LogP contribution in [0.5, 0.6) is 5.75 Å². The van der Waals surface area contributed by atoms with E-state index in [9.17, 15) is 14.4 Å². The molecule has 0 spiro atoms. The van der Waals surface area contributed by atoms with Crippen LogP contribution in [0, 0.1) is 0 Å². The topological polar surface area (TPSA) is 82.3 Å². The maximum Gasteiger partial charge on any atom is 0.332 e. The quantitative estimate of drug-likeness (QED) is 0.604. The van der Waals surface area contributed by atoms with Crippen LogP contribution in [-0.4, -0.2) is 22.2 Å². The van der Waals surface area contributed by atoms with Gasteiger partial charge in [-0.2, -0.15) is 0 Å². The van der Waals surface area contributed by atoms with Crippen LogP contribution in [-0.2, 0) is 20.1 Å². The molecule has 0 aliphatic heterocycles. The highest BCUT2D eigenvalue weighted by molar-refractivity contribution is 7.20. The molecule has 0 aliphatic carbocycles. The van der Waals surface area contributed by atoms with Gasteiger partial charge in [0.1, 0.15) is 10.6 Å². The van der Waals surface area contributed by atoms with E-state index in [1.165, 1.54) is 9.13 Å². The van der Waals surface area contributed by atoms with Crippen molar-refractivity contribution in [3.05, 3.63) is 73.8 Å². The molecular formula is C21H23N3O4S. The molecule has 0 saturated heterocycles. The highest BCUT2D eigenvalue weighted by atomic mass is 32.1. The highest BCUT2D eigenvalue weighted by Gasteiger charge is 2.17. The molecule has 2 heterocycles. The van der Waals surface area contributed by atoms with Crippen LogP contribution >= 0.6 is 11.3 Å². The maximum atomic E-state index is 12.8. The molecule has 7 nitrogen and oxygen atoms in total. The number of nitrogens with zero attached hydrogens (tertiary/aromatic N) is 2. The summed E-state index contributed by atoms with van der Waals surface area (Å²) in [4.78, 5) is 38.8. The molecule has 1 amide bonds. The number of rotatable bonds is 7. The van der Waals surface area contributed by atoms with Crippen LogP contribution < -0.4 is 21.3 Å². The fraction of sp³-hybridized carbons (Fsp3) is 0.286. The minimum absolute atomic E-state index is 0.211. The lowest BCUT2D eigenvalue weighted by molar-refractivity contribution is 0.0955. The molecule has 152 valence electrons. The van der Waals surface area contributed by atoms with Gasteiger partial charge < -0.3 is 10.1 Å². The largest absolute Gasteiger partial charge is 0.497 e. The van der Waals surface area contributed by atoms with Gasteiger partial charge in [-0.1, -0.05) is 31.2 Å². The molecule has 0 aliphatic rings. The molecule has 8 heteroatoms. The number of thiophene rings is 1. The SMILES string of the molecule is CC/C=C/Cn1c(=O)c2cc(C(=O)NCc3cccc(OC)c3)sc2n(C)c1=O. The van der Waals surface area contributed by atoms with E-state index in [0.717, 1.165) is 23.3 Å². The van der Waals surface area contributed by atoms with Crippen molar-refractivity contribution in [2.24, 2.45) is 7.05 Å². The average molecular weight is 413 g/mol. The summed E-state index contributed by atoms with van der Waals surface area (Å²) in [6.45, 7) is 2.52. The van der Waals surface area contributed by atoms with E-state index < -0.39 is 5.69 Å². The first-order valence-corrected chi connectivity index (χ1v) is 10.1. The Labute approximate surface area is 171 Å². The number of methoxy groups -OCH3 is 1. The molecular weight excluding hydrogens is 390 g/mol. The third-order valence-corrected chi connectivity index (χ3v) is 5.72. The van der Waals surface area contributed by atoms with Crippen molar-refractivity contribution in [3.63, 3.8) is 0 Å². The van der Waals surface area contributed by atoms with Gasteiger partial charge in [0, 0.05) is 20.1 Å². The molecule has 2 aromatic heterocycles. The number of carbonyl (C=O) groups excluding carboxylic acids is 1. The Bertz CT molecular complexity index is 1190. The number of benzene rings is 1. The molecule has 0 atom stereocenters. The van der Waals surface area contributed by atoms with E-state index in [1.807, 2.05) is 37.3 Å². The summed E-state index contributed by atoms with van der Waals surface area (Å²) in [5.41, 5.74) is 0.122. The summed E-state index contributed by atoms with van der Waals surface area (Å²) in [5.74, 6) is 0.421. The zero-order chi connectivity index (χ0) is 21.0. The van der Waals surface area contributed by atoms with Crippen molar-refractivity contribution >= 4 is 27.5 Å². The molecule has 29 heavy (non-hydrogen) atoms. The number of hydrogen-bond acceptors (Lipinski definition) is 5. The Balaban J connectivity index is 1.88. The van der Waals surface area contributed by atoms with Crippen LogP contribution in [0.25, 0.3) is 10.2 Å². The van der Waals surface area contributed by atoms with E-state index in [2.05, 4.69) is 5.32 Å². The van der Waals surface area contributed by atoms with Gasteiger partial charge in [-0.25, -0.2) is 4.79 Å². The number of amides is 1. The molecule has 0 unspecified atom stereocenters. The lowest BCUT2D eigenvalue weighted by Crippen LogP contribution is -2.38. The van der Waals surface area contributed by atoms with Gasteiger partial charge in [-0.05, 0) is 30.2 Å². The zero-order valence-electron chi connectivity index (χ0n) is 16.6. The Morgan fingerprint density at radius 3 is 2.76 bits per heavy atom. The minimum Gasteiger partial charge on any atom is -0.497 e. The van der Waals surface area contributed by atoms with E-state index in [-0.39, 0.29) is 18.0 Å². The Kier molecular flexibility index (Phi) is 6.33. The number of aromatic nitrogens is 2. The van der Waals surface area contributed by atoms with Crippen molar-refractivity contribution in [2.45, 2.75) is 26.4 Å². The molecule has 1 aromatic carbocycles. The van der Waals surface area contributed by atoms with E-state index in [1.54, 1.807) is 26.3 Å². The van der Waals surface area contributed by atoms with Gasteiger partial charge in [-0.3, -0.25) is 18.7 Å². The monoisotopic (exact) mass is 413 g/mol. The average Bonchev–Trinajstić information content (AvgIpc) is 3.19. The summed E-state index contributed by atoms with van der Waals surface area (Å²) in [5, 5.41) is 3.22. The number of nitrogens with one attached hydrogen (secondary N) is 1. The van der Waals surface area contributed by atoms with Crippen molar-refractivity contribution in [1.82, 2.24) is 14.5 Å². The van der Waals surface area contributed by atoms with Gasteiger partial charge >= 0.3 is 5.69 Å². The second kappa shape index (κ2) is 8.91. The Morgan fingerprint density at radius 2 is 2.03 bits per heavy atom. The number of allylic oxidation sites excluding steroid dienone is 2. The first-order valence-electron chi connectivity index (χ1n) is 9.25. The summed E-state index contributed by atoms with van der Waals surface area (Å²) in [6, 6.07) is 8.98. The summed E-state index contributed by atoms with van der Waals surface area (Å²) >= 11 is 1.14. The van der Waals surface area contributed by atoms with Crippen molar-refractivity contribution in [1.29, 1.82) is 0 Å². The third kappa shape index (κ3) is 4.32. The Hall–Kier alpha value is -3.13. The van der Waals surface area contributed by atoms with Crippen molar-refractivity contribution < 1.29 is 9.53 Å². The van der Waals surface area contributed by atoms with Crippen LogP contribution in [0.1, 0.15) is 28.6 Å². The smallest absolute Gasteiger partial charge is 0.332 e. The molecule has 0 radical (unpaired) electrons. The first kappa shape index (κ1) is 20.6. The number of hydrogen-bond donors (Lipinski definition) is 1. The summed E-state index contributed by atoms with van der Waals surface area (Å²) in [7, 11) is 3.20. The number of carbonyl (C=O) groups is 1. The van der Waals surface area contributed by atoms with E-state index in [0.29, 0.717) is 27.4 Å². The van der Waals surface area contributed by atoms with Crippen molar-refractivity contribution in [2.75, 3.05) is 7.11 Å². The molecule has 3 rings (SSSR count). The van der Waals surface area contributed by atoms with Gasteiger partial charge in [0.15, 0.2) is 0 Å². The Morgan fingerprint density at radius 1 is 1.24 bits per heavy atom. The molecule has 3 aromatic rings. The summed E-state index contributed by atoms with van der Waals surface area (Å²) < 4.78 is 7.78.